The summed E-state index contributed by atoms with van der Waals surface area (Å²) in [6.45, 7) is -0.130. The molecule has 8 nitrogen and oxygen atoms in total. The molecule has 2 aromatic rings. The first-order valence-electron chi connectivity index (χ1n) is 10.2. The third-order valence-electron chi connectivity index (χ3n) is 5.91. The Morgan fingerprint density at radius 1 is 1.03 bits per heavy atom. The number of nitrogens with zero attached hydrogens (tertiary/aromatic N) is 3. The van der Waals surface area contributed by atoms with Gasteiger partial charge in [-0.2, -0.15) is 5.01 Å². The van der Waals surface area contributed by atoms with Crippen molar-refractivity contribution in [2.75, 3.05) is 0 Å². The number of carbonyl (C=O) groups excluding carboxylic acids is 3. The van der Waals surface area contributed by atoms with Gasteiger partial charge in [0.1, 0.15) is 0 Å². The summed E-state index contributed by atoms with van der Waals surface area (Å²) in [4.78, 5) is 50.4. The predicted molar refractivity (Wildman–Crippen MR) is 117 cm³/mol. The van der Waals surface area contributed by atoms with Gasteiger partial charge in [0.2, 0.25) is 0 Å². The second kappa shape index (κ2) is 8.88. The number of rotatable bonds is 5. The van der Waals surface area contributed by atoms with Gasteiger partial charge in [0.05, 0.1) is 33.3 Å². The molecule has 1 saturated carbocycles. The predicted octanol–water partition coefficient (Wildman–Crippen LogP) is 4.63. The number of halogens is 2. The van der Waals surface area contributed by atoms with Crippen molar-refractivity contribution in [3.63, 3.8) is 0 Å². The lowest BCUT2D eigenvalue weighted by molar-refractivity contribution is -0.384. The zero-order valence-electron chi connectivity index (χ0n) is 16.9. The van der Waals surface area contributed by atoms with Gasteiger partial charge in [-0.25, -0.2) is 5.01 Å². The monoisotopic (exact) mass is 475 g/mol. The normalized spacial score (nSPS) is 20.2. The number of hydrogen-bond acceptors (Lipinski definition) is 5. The molecule has 0 radical (unpaired) electrons. The van der Waals surface area contributed by atoms with E-state index in [-0.39, 0.29) is 22.8 Å². The Hall–Kier alpha value is -2.97. The van der Waals surface area contributed by atoms with Gasteiger partial charge in [0.25, 0.3) is 23.4 Å². The highest BCUT2D eigenvalue weighted by molar-refractivity contribution is 6.42. The molecule has 166 valence electrons. The largest absolute Gasteiger partial charge is 0.273 e. The molecule has 1 aliphatic heterocycles. The number of nitro groups is 1. The van der Waals surface area contributed by atoms with Gasteiger partial charge in [-0.1, -0.05) is 48.2 Å². The fourth-order valence-electron chi connectivity index (χ4n) is 4.33. The maximum absolute atomic E-state index is 13.5. The minimum absolute atomic E-state index is 0.00488. The summed E-state index contributed by atoms with van der Waals surface area (Å²) in [5, 5.41) is 13.7. The average Bonchev–Trinajstić information content (AvgIpc) is 3.04. The summed E-state index contributed by atoms with van der Waals surface area (Å²) in [7, 11) is 0. The maximum Gasteiger partial charge on any atom is 0.273 e. The topological polar surface area (TPSA) is 101 Å². The van der Waals surface area contributed by atoms with Crippen LogP contribution in [0.1, 0.15) is 41.6 Å². The van der Waals surface area contributed by atoms with E-state index >= 15 is 0 Å². The molecule has 0 N–H and O–H groups in total. The lowest BCUT2D eigenvalue weighted by atomic mass is 9.81. The van der Waals surface area contributed by atoms with Crippen LogP contribution in [0.2, 0.25) is 10.0 Å². The van der Waals surface area contributed by atoms with Crippen molar-refractivity contribution >= 4 is 46.6 Å². The number of carbonyl (C=O) groups is 3. The van der Waals surface area contributed by atoms with Crippen LogP contribution in [0.25, 0.3) is 0 Å². The molecule has 32 heavy (non-hydrogen) atoms. The molecule has 1 saturated heterocycles. The molecular weight excluding hydrogens is 457 g/mol. The Morgan fingerprint density at radius 2 is 1.69 bits per heavy atom. The quantitative estimate of drug-likeness (QED) is 0.356. The second-order valence-corrected chi connectivity index (χ2v) is 8.72. The van der Waals surface area contributed by atoms with Crippen LogP contribution in [0.4, 0.5) is 5.69 Å². The molecule has 3 amide bonds. The van der Waals surface area contributed by atoms with Crippen molar-refractivity contribution in [3.05, 3.63) is 73.8 Å². The van der Waals surface area contributed by atoms with E-state index in [4.69, 9.17) is 23.2 Å². The number of non-ortho nitro benzene ring substituents is 1. The van der Waals surface area contributed by atoms with Crippen LogP contribution in [0.3, 0.4) is 0 Å². The van der Waals surface area contributed by atoms with Gasteiger partial charge in [-0.3, -0.25) is 24.5 Å². The minimum atomic E-state index is -0.694. The lowest BCUT2D eigenvalue weighted by Gasteiger charge is -2.30. The van der Waals surface area contributed by atoms with Crippen LogP contribution in [0.5, 0.6) is 0 Å². The van der Waals surface area contributed by atoms with Crippen LogP contribution in [0.15, 0.2) is 42.5 Å². The van der Waals surface area contributed by atoms with E-state index in [0.29, 0.717) is 23.4 Å². The van der Waals surface area contributed by atoms with Crippen molar-refractivity contribution in [2.45, 2.75) is 32.2 Å². The molecular formula is C22H19Cl2N3O5. The van der Waals surface area contributed by atoms with E-state index in [0.717, 1.165) is 28.9 Å². The zero-order chi connectivity index (χ0) is 23.0. The Kier molecular flexibility index (Phi) is 6.17. The standard InChI is InChI=1S/C22H19Cl2N3O5/c23-18-9-8-13(10-19(18)24)12-25(20(28)14-4-3-5-15(11-14)27(31)32)26-21(29)16-6-1-2-7-17(16)22(26)30/h3-5,8-11,16-17H,1-2,6-7,12H2/t16-,17-/m1/s1. The molecule has 2 aromatic carbocycles. The molecule has 1 aliphatic carbocycles. The van der Waals surface area contributed by atoms with Crippen LogP contribution in [0, 0.1) is 22.0 Å². The van der Waals surface area contributed by atoms with Gasteiger partial charge < -0.3 is 0 Å². The van der Waals surface area contributed by atoms with Crippen LogP contribution in [-0.2, 0) is 16.1 Å². The van der Waals surface area contributed by atoms with E-state index in [1.165, 1.54) is 18.2 Å². The first-order chi connectivity index (χ1) is 15.3. The Labute approximate surface area is 193 Å². The maximum atomic E-state index is 13.5. The third kappa shape index (κ3) is 4.08. The smallest absolute Gasteiger partial charge is 0.272 e. The Bertz CT molecular complexity index is 1100. The van der Waals surface area contributed by atoms with Crippen molar-refractivity contribution in [2.24, 2.45) is 11.8 Å². The molecule has 0 aromatic heterocycles. The average molecular weight is 476 g/mol. The summed E-state index contributed by atoms with van der Waals surface area (Å²) in [5.74, 6) is -2.44. The van der Waals surface area contributed by atoms with Gasteiger partial charge >= 0.3 is 0 Å². The molecule has 0 spiro atoms. The highest BCUT2D eigenvalue weighted by Gasteiger charge is 2.51. The van der Waals surface area contributed by atoms with Crippen LogP contribution < -0.4 is 0 Å². The molecule has 0 unspecified atom stereocenters. The van der Waals surface area contributed by atoms with Gasteiger partial charge in [0, 0.05) is 17.7 Å². The number of nitro benzene ring substituents is 1. The van der Waals surface area contributed by atoms with Gasteiger partial charge in [-0.15, -0.1) is 0 Å². The van der Waals surface area contributed by atoms with E-state index in [9.17, 15) is 24.5 Å². The van der Waals surface area contributed by atoms with Crippen molar-refractivity contribution in [3.8, 4) is 0 Å². The molecule has 4 rings (SSSR count). The van der Waals surface area contributed by atoms with E-state index in [1.54, 1.807) is 18.2 Å². The Morgan fingerprint density at radius 3 is 2.28 bits per heavy atom. The van der Waals surface area contributed by atoms with E-state index < -0.39 is 34.5 Å². The number of fused-ring (bicyclic) bond motifs is 1. The Balaban J connectivity index is 1.74. The zero-order valence-corrected chi connectivity index (χ0v) is 18.4. The van der Waals surface area contributed by atoms with Crippen LogP contribution in [-0.4, -0.2) is 32.7 Å². The van der Waals surface area contributed by atoms with Crippen molar-refractivity contribution < 1.29 is 19.3 Å². The molecule has 0 bridgehead atoms. The molecule has 10 heteroatoms. The lowest BCUT2D eigenvalue weighted by Crippen LogP contribution is -2.49. The fraction of sp³-hybridized carbons (Fsp3) is 0.318. The van der Waals surface area contributed by atoms with Gasteiger partial charge in [-0.05, 0) is 36.6 Å². The van der Waals surface area contributed by atoms with E-state index in [1.807, 2.05) is 0 Å². The first kappa shape index (κ1) is 22.2. The first-order valence-corrected chi connectivity index (χ1v) is 10.9. The van der Waals surface area contributed by atoms with E-state index in [2.05, 4.69) is 0 Å². The number of benzene rings is 2. The summed E-state index contributed by atoms with van der Waals surface area (Å²) in [5.41, 5.74) is 0.279. The molecule has 1 heterocycles. The SMILES string of the molecule is O=C(c1cccc([N+](=O)[O-])c1)N(Cc1ccc(Cl)c(Cl)c1)N1C(=O)[C@@H]2CCCC[C@H]2C1=O. The fourth-order valence-corrected chi connectivity index (χ4v) is 4.65. The summed E-state index contributed by atoms with van der Waals surface area (Å²) in [6, 6.07) is 9.94. The summed E-state index contributed by atoms with van der Waals surface area (Å²) < 4.78 is 0. The van der Waals surface area contributed by atoms with Crippen LogP contribution >= 0.6 is 23.2 Å². The van der Waals surface area contributed by atoms with Crippen molar-refractivity contribution in [1.29, 1.82) is 0 Å². The highest BCUT2D eigenvalue weighted by Crippen LogP contribution is 2.39. The van der Waals surface area contributed by atoms with Crippen molar-refractivity contribution in [1.82, 2.24) is 10.0 Å². The number of amides is 3. The molecule has 2 fully saturated rings. The third-order valence-corrected chi connectivity index (χ3v) is 6.65. The van der Waals surface area contributed by atoms with Gasteiger partial charge in [0.15, 0.2) is 0 Å². The molecule has 2 atom stereocenters. The minimum Gasteiger partial charge on any atom is -0.272 e. The highest BCUT2D eigenvalue weighted by atomic mass is 35.5. The molecule has 2 aliphatic rings. The number of hydrazine groups is 1. The second-order valence-electron chi connectivity index (χ2n) is 7.90. The number of imide groups is 1. The summed E-state index contributed by atoms with van der Waals surface area (Å²) in [6.07, 6.45) is 2.88. The number of hydrogen-bond donors (Lipinski definition) is 0. The summed E-state index contributed by atoms with van der Waals surface area (Å²) >= 11 is 12.1.